The number of rotatable bonds is 4. The molecule has 1 fully saturated rings. The lowest BCUT2D eigenvalue weighted by atomic mass is 9.90. The zero-order valence-electron chi connectivity index (χ0n) is 15.8. The van der Waals surface area contributed by atoms with Gasteiger partial charge in [0.05, 0.1) is 17.4 Å². The van der Waals surface area contributed by atoms with Crippen molar-refractivity contribution in [3.63, 3.8) is 0 Å². The van der Waals surface area contributed by atoms with Crippen LogP contribution in [0.1, 0.15) is 33.6 Å². The summed E-state index contributed by atoms with van der Waals surface area (Å²) in [5.74, 6) is -0.668. The molecule has 2 N–H and O–H groups in total. The average molecular weight is 392 g/mol. The molecule has 1 aromatic heterocycles. The summed E-state index contributed by atoms with van der Waals surface area (Å²) in [6.07, 6.45) is 2.89. The lowest BCUT2D eigenvalue weighted by Gasteiger charge is -2.32. The third-order valence-corrected chi connectivity index (χ3v) is 5.24. The maximum absolute atomic E-state index is 13.2. The van der Waals surface area contributed by atoms with Gasteiger partial charge in [-0.15, -0.1) is 0 Å². The molecular formula is C22H21FN4O2. The Labute approximate surface area is 167 Å². The second-order valence-corrected chi connectivity index (χ2v) is 7.15. The van der Waals surface area contributed by atoms with Gasteiger partial charge in [-0.3, -0.25) is 9.59 Å². The highest BCUT2D eigenvalue weighted by molar-refractivity contribution is 6.02. The van der Waals surface area contributed by atoms with E-state index in [2.05, 4.69) is 5.10 Å². The fraction of sp³-hybridized carbons (Fsp3) is 0.227. The molecule has 4 rings (SSSR count). The summed E-state index contributed by atoms with van der Waals surface area (Å²) < 4.78 is 14.6. The van der Waals surface area contributed by atoms with Crippen LogP contribution in [0.25, 0.3) is 5.69 Å². The summed E-state index contributed by atoms with van der Waals surface area (Å²) >= 11 is 0. The van der Waals surface area contributed by atoms with Crippen molar-refractivity contribution in [3.8, 4) is 5.69 Å². The Morgan fingerprint density at radius 2 is 1.79 bits per heavy atom. The van der Waals surface area contributed by atoms with Crippen molar-refractivity contribution in [2.24, 2.45) is 5.92 Å². The van der Waals surface area contributed by atoms with Gasteiger partial charge in [0.1, 0.15) is 11.6 Å². The van der Waals surface area contributed by atoms with Gasteiger partial charge in [-0.05, 0) is 49.2 Å². The molecule has 148 valence electrons. The van der Waals surface area contributed by atoms with Gasteiger partial charge >= 0.3 is 0 Å². The molecule has 1 atom stereocenters. The van der Waals surface area contributed by atoms with Crippen LogP contribution in [-0.2, 0) is 0 Å². The standard InChI is InChI=1S/C22H21FN4O2/c23-17-8-10-18(11-9-17)27-21(24)19(13-25-27)20(28)16-7-4-12-26(14-16)22(29)15-5-2-1-3-6-15/h1-3,5-6,8-11,13,16H,4,7,12,14,24H2/t16-/m1/s1. The van der Waals surface area contributed by atoms with Crippen molar-refractivity contribution < 1.29 is 14.0 Å². The third-order valence-electron chi connectivity index (χ3n) is 5.24. The van der Waals surface area contributed by atoms with E-state index in [4.69, 9.17) is 5.73 Å². The first-order valence-electron chi connectivity index (χ1n) is 9.52. The van der Waals surface area contributed by atoms with Crippen molar-refractivity contribution in [2.75, 3.05) is 18.8 Å². The van der Waals surface area contributed by atoms with Gasteiger partial charge in [0.25, 0.3) is 5.91 Å². The van der Waals surface area contributed by atoms with E-state index < -0.39 is 0 Å². The molecule has 0 saturated carbocycles. The number of likely N-dealkylation sites (tertiary alicyclic amines) is 1. The SMILES string of the molecule is Nc1c(C(=O)[C@@H]2CCCN(C(=O)c3ccccc3)C2)cnn1-c1ccc(F)cc1. The number of benzene rings is 2. The number of carbonyl (C=O) groups excluding carboxylic acids is 2. The molecule has 2 heterocycles. The lowest BCUT2D eigenvalue weighted by molar-refractivity contribution is 0.0637. The molecule has 1 amide bonds. The summed E-state index contributed by atoms with van der Waals surface area (Å²) in [5, 5.41) is 4.20. The van der Waals surface area contributed by atoms with Gasteiger partial charge in [0.2, 0.25) is 0 Å². The van der Waals surface area contributed by atoms with Crippen LogP contribution in [0.2, 0.25) is 0 Å². The number of nitrogens with two attached hydrogens (primary N) is 1. The number of hydrogen-bond acceptors (Lipinski definition) is 4. The van der Waals surface area contributed by atoms with Gasteiger partial charge in [0, 0.05) is 24.6 Å². The number of nitrogen functional groups attached to an aromatic ring is 1. The third kappa shape index (κ3) is 3.76. The Bertz CT molecular complexity index is 1030. The van der Waals surface area contributed by atoms with Crippen LogP contribution in [0.3, 0.4) is 0 Å². The summed E-state index contributed by atoms with van der Waals surface area (Å²) in [6.45, 7) is 0.982. The number of Topliss-reactive ketones (excluding diaryl/α,β-unsaturated/α-hetero) is 1. The summed E-state index contributed by atoms with van der Waals surface area (Å²) in [5.41, 5.74) is 7.69. The number of amides is 1. The molecule has 0 unspecified atom stereocenters. The van der Waals surface area contributed by atoms with Gasteiger partial charge in [-0.25, -0.2) is 9.07 Å². The molecule has 0 spiro atoms. The molecule has 6 nitrogen and oxygen atoms in total. The Hall–Kier alpha value is -3.48. The second-order valence-electron chi connectivity index (χ2n) is 7.15. The van der Waals surface area contributed by atoms with E-state index in [1.54, 1.807) is 29.2 Å². The van der Waals surface area contributed by atoms with Crippen LogP contribution in [-0.4, -0.2) is 39.5 Å². The highest BCUT2D eigenvalue weighted by Crippen LogP contribution is 2.26. The number of nitrogens with zero attached hydrogens (tertiary/aromatic N) is 3. The Balaban J connectivity index is 1.52. The molecule has 3 aromatic rings. The number of aromatic nitrogens is 2. The summed E-state index contributed by atoms with van der Waals surface area (Å²) in [4.78, 5) is 27.5. The van der Waals surface area contributed by atoms with E-state index >= 15 is 0 Å². The smallest absolute Gasteiger partial charge is 0.253 e. The van der Waals surface area contributed by atoms with Crippen LogP contribution in [0.5, 0.6) is 0 Å². The van der Waals surface area contributed by atoms with Gasteiger partial charge in [0.15, 0.2) is 5.78 Å². The molecule has 29 heavy (non-hydrogen) atoms. The summed E-state index contributed by atoms with van der Waals surface area (Å²) in [6, 6.07) is 14.8. The zero-order chi connectivity index (χ0) is 20.4. The van der Waals surface area contributed by atoms with Crippen molar-refractivity contribution in [2.45, 2.75) is 12.8 Å². The zero-order valence-corrected chi connectivity index (χ0v) is 15.8. The van der Waals surface area contributed by atoms with Crippen molar-refractivity contribution in [1.82, 2.24) is 14.7 Å². The highest BCUT2D eigenvalue weighted by atomic mass is 19.1. The molecule has 0 bridgehead atoms. The minimum atomic E-state index is -0.360. The topological polar surface area (TPSA) is 81.2 Å². The van der Waals surface area contributed by atoms with E-state index in [9.17, 15) is 14.0 Å². The lowest BCUT2D eigenvalue weighted by Crippen LogP contribution is -2.42. The molecule has 1 saturated heterocycles. The van der Waals surface area contributed by atoms with Crippen LogP contribution in [0.4, 0.5) is 10.2 Å². The van der Waals surface area contributed by atoms with E-state index in [1.807, 2.05) is 18.2 Å². The maximum atomic E-state index is 13.2. The van der Waals surface area contributed by atoms with E-state index in [1.165, 1.54) is 23.0 Å². The summed E-state index contributed by atoms with van der Waals surface area (Å²) in [7, 11) is 0. The predicted molar refractivity (Wildman–Crippen MR) is 107 cm³/mol. The normalized spacial score (nSPS) is 16.6. The first-order valence-corrected chi connectivity index (χ1v) is 9.52. The predicted octanol–water partition coefficient (Wildman–Crippen LogP) is 3.33. The second kappa shape index (κ2) is 7.87. The van der Waals surface area contributed by atoms with Gasteiger partial charge < -0.3 is 10.6 Å². The Morgan fingerprint density at radius 1 is 1.07 bits per heavy atom. The largest absolute Gasteiger partial charge is 0.383 e. The minimum absolute atomic E-state index is 0.0712. The number of anilines is 1. The quantitative estimate of drug-likeness (QED) is 0.691. The molecule has 0 radical (unpaired) electrons. The average Bonchev–Trinajstić information content (AvgIpc) is 3.15. The highest BCUT2D eigenvalue weighted by Gasteiger charge is 2.31. The first kappa shape index (κ1) is 18.9. The number of ketones is 1. The molecular weight excluding hydrogens is 371 g/mol. The molecule has 1 aliphatic rings. The number of halogens is 1. The van der Waals surface area contributed by atoms with Gasteiger partial charge in [-0.1, -0.05) is 18.2 Å². The molecule has 2 aromatic carbocycles. The van der Waals surface area contributed by atoms with Crippen LogP contribution < -0.4 is 5.73 Å². The van der Waals surface area contributed by atoms with E-state index in [0.717, 1.165) is 6.42 Å². The van der Waals surface area contributed by atoms with Crippen LogP contribution in [0, 0.1) is 11.7 Å². The maximum Gasteiger partial charge on any atom is 0.253 e. The minimum Gasteiger partial charge on any atom is -0.383 e. The molecule has 1 aliphatic heterocycles. The van der Waals surface area contributed by atoms with Crippen molar-refractivity contribution >= 4 is 17.5 Å². The number of hydrogen-bond donors (Lipinski definition) is 1. The van der Waals surface area contributed by atoms with Crippen LogP contribution in [0.15, 0.2) is 60.8 Å². The molecule has 0 aliphatic carbocycles. The van der Waals surface area contributed by atoms with Crippen molar-refractivity contribution in [3.05, 3.63) is 77.7 Å². The van der Waals surface area contributed by atoms with Crippen LogP contribution >= 0.6 is 0 Å². The molecule has 7 heteroatoms. The van der Waals surface area contributed by atoms with E-state index in [0.29, 0.717) is 36.3 Å². The van der Waals surface area contributed by atoms with Gasteiger partial charge in [-0.2, -0.15) is 5.10 Å². The number of piperidine rings is 1. The fourth-order valence-electron chi connectivity index (χ4n) is 3.69. The Morgan fingerprint density at radius 3 is 2.52 bits per heavy atom. The van der Waals surface area contributed by atoms with Crippen molar-refractivity contribution in [1.29, 1.82) is 0 Å². The van der Waals surface area contributed by atoms with E-state index in [-0.39, 0.29) is 29.2 Å². The monoisotopic (exact) mass is 392 g/mol. The first-order chi connectivity index (χ1) is 14.0. The number of carbonyl (C=O) groups is 2. The Kier molecular flexibility index (Phi) is 5.12. The fourth-order valence-corrected chi connectivity index (χ4v) is 3.69.